The number of urea groups is 1. The first-order valence-electron chi connectivity index (χ1n) is 7.47. The molecule has 1 heterocycles. The third kappa shape index (κ3) is 3.56. The SMILES string of the molecule is C=C1NC(=O)NC(c2cc(Cl)c(O)c(OCC)c2)C1C(=O)OCC. The lowest BCUT2D eigenvalue weighted by Gasteiger charge is -2.33. The summed E-state index contributed by atoms with van der Waals surface area (Å²) in [6.45, 7) is 7.70. The quantitative estimate of drug-likeness (QED) is 0.706. The summed E-state index contributed by atoms with van der Waals surface area (Å²) in [5, 5.41) is 15.1. The number of phenolic OH excluding ortho intramolecular Hbond substituents is 1. The first kappa shape index (κ1) is 17.9. The van der Waals surface area contributed by atoms with Crippen molar-refractivity contribution in [2.75, 3.05) is 13.2 Å². The number of halogens is 1. The van der Waals surface area contributed by atoms with Gasteiger partial charge in [-0.2, -0.15) is 0 Å². The van der Waals surface area contributed by atoms with Crippen molar-refractivity contribution in [1.29, 1.82) is 0 Å². The molecule has 7 nitrogen and oxygen atoms in total. The largest absolute Gasteiger partial charge is 0.503 e. The molecule has 1 saturated heterocycles. The van der Waals surface area contributed by atoms with Crippen molar-refractivity contribution >= 4 is 23.6 Å². The van der Waals surface area contributed by atoms with E-state index < -0.39 is 24.0 Å². The fourth-order valence-electron chi connectivity index (χ4n) is 2.51. The molecule has 0 aromatic heterocycles. The minimum absolute atomic E-state index is 0.0527. The molecular formula is C16H19ClN2O5. The van der Waals surface area contributed by atoms with E-state index in [1.165, 1.54) is 12.1 Å². The molecule has 2 atom stereocenters. The lowest BCUT2D eigenvalue weighted by molar-refractivity contribution is -0.147. The topological polar surface area (TPSA) is 96.9 Å². The molecule has 1 aromatic rings. The van der Waals surface area contributed by atoms with E-state index in [1.807, 2.05) is 0 Å². The van der Waals surface area contributed by atoms with Gasteiger partial charge in [0.1, 0.15) is 5.92 Å². The monoisotopic (exact) mass is 354 g/mol. The number of amides is 2. The van der Waals surface area contributed by atoms with Gasteiger partial charge in [0.05, 0.1) is 24.3 Å². The second kappa shape index (κ2) is 7.44. The van der Waals surface area contributed by atoms with E-state index in [9.17, 15) is 14.7 Å². The molecule has 130 valence electrons. The number of benzene rings is 1. The van der Waals surface area contributed by atoms with Crippen molar-refractivity contribution in [3.8, 4) is 11.5 Å². The van der Waals surface area contributed by atoms with E-state index in [2.05, 4.69) is 17.2 Å². The Labute approximate surface area is 144 Å². The summed E-state index contributed by atoms with van der Waals surface area (Å²) in [7, 11) is 0. The molecule has 2 rings (SSSR count). The van der Waals surface area contributed by atoms with Crippen LogP contribution >= 0.6 is 11.6 Å². The number of esters is 1. The Morgan fingerprint density at radius 2 is 2.08 bits per heavy atom. The molecule has 8 heteroatoms. The maximum absolute atomic E-state index is 12.3. The van der Waals surface area contributed by atoms with E-state index in [-0.39, 0.29) is 28.8 Å². The van der Waals surface area contributed by atoms with Crippen molar-refractivity contribution < 1.29 is 24.2 Å². The summed E-state index contributed by atoms with van der Waals surface area (Å²) in [4.78, 5) is 24.1. The van der Waals surface area contributed by atoms with Crippen molar-refractivity contribution in [3.05, 3.63) is 35.0 Å². The average Bonchev–Trinajstić information content (AvgIpc) is 2.51. The number of carbonyl (C=O) groups is 2. The molecule has 0 spiro atoms. The highest BCUT2D eigenvalue weighted by molar-refractivity contribution is 6.32. The number of aromatic hydroxyl groups is 1. The van der Waals surface area contributed by atoms with Crippen LogP contribution in [0.4, 0.5) is 4.79 Å². The lowest BCUT2D eigenvalue weighted by atomic mass is 9.89. The van der Waals surface area contributed by atoms with Crippen LogP contribution in [0.2, 0.25) is 5.02 Å². The predicted molar refractivity (Wildman–Crippen MR) is 88.0 cm³/mol. The van der Waals surface area contributed by atoms with Crippen molar-refractivity contribution in [1.82, 2.24) is 10.6 Å². The summed E-state index contributed by atoms with van der Waals surface area (Å²) in [6, 6.07) is 1.76. The Balaban J connectivity index is 2.47. The fourth-order valence-corrected chi connectivity index (χ4v) is 2.73. The van der Waals surface area contributed by atoms with Gasteiger partial charge in [0.2, 0.25) is 0 Å². The van der Waals surface area contributed by atoms with Gasteiger partial charge in [-0.1, -0.05) is 18.2 Å². The van der Waals surface area contributed by atoms with Gasteiger partial charge in [0, 0.05) is 5.70 Å². The number of phenols is 1. The molecule has 0 saturated carbocycles. The molecular weight excluding hydrogens is 336 g/mol. The Kier molecular flexibility index (Phi) is 5.56. The van der Waals surface area contributed by atoms with Gasteiger partial charge in [-0.15, -0.1) is 0 Å². The highest BCUT2D eigenvalue weighted by Gasteiger charge is 2.39. The summed E-state index contributed by atoms with van der Waals surface area (Å²) in [6.07, 6.45) is 0. The maximum atomic E-state index is 12.3. The standard InChI is InChI=1S/C16H19ClN2O5/c1-4-23-11-7-9(6-10(17)14(11)20)13-12(15(21)24-5-2)8(3)18-16(22)19-13/h6-7,12-13,20H,3-5H2,1-2H3,(H2,18,19,22). The molecule has 1 aliphatic rings. The van der Waals surface area contributed by atoms with Crippen molar-refractivity contribution in [3.63, 3.8) is 0 Å². The second-order valence-electron chi connectivity index (χ2n) is 5.11. The highest BCUT2D eigenvalue weighted by Crippen LogP contribution is 2.40. The van der Waals surface area contributed by atoms with E-state index in [4.69, 9.17) is 21.1 Å². The van der Waals surface area contributed by atoms with Crippen LogP contribution in [0.1, 0.15) is 25.5 Å². The minimum atomic E-state index is -0.835. The van der Waals surface area contributed by atoms with E-state index in [0.717, 1.165) is 0 Å². The predicted octanol–water partition coefficient (Wildman–Crippen LogP) is 2.49. The van der Waals surface area contributed by atoms with Crippen LogP contribution in [0.25, 0.3) is 0 Å². The van der Waals surface area contributed by atoms with Crippen LogP contribution in [-0.2, 0) is 9.53 Å². The molecule has 24 heavy (non-hydrogen) atoms. The zero-order chi connectivity index (χ0) is 17.9. The molecule has 0 aliphatic carbocycles. The molecule has 2 unspecified atom stereocenters. The number of carbonyl (C=O) groups excluding carboxylic acids is 2. The Bertz CT molecular complexity index is 677. The fraction of sp³-hybridized carbons (Fsp3) is 0.375. The van der Waals surface area contributed by atoms with Gasteiger partial charge in [0.25, 0.3) is 0 Å². The van der Waals surface area contributed by atoms with Crippen LogP contribution < -0.4 is 15.4 Å². The van der Waals surface area contributed by atoms with Crippen LogP contribution in [0.15, 0.2) is 24.4 Å². The average molecular weight is 355 g/mol. The van der Waals surface area contributed by atoms with Gasteiger partial charge >= 0.3 is 12.0 Å². The van der Waals surface area contributed by atoms with Crippen LogP contribution in [-0.4, -0.2) is 30.3 Å². The third-order valence-corrected chi connectivity index (χ3v) is 3.81. The lowest BCUT2D eigenvalue weighted by Crippen LogP contribution is -2.51. The van der Waals surface area contributed by atoms with Gasteiger partial charge in [-0.05, 0) is 31.5 Å². The zero-order valence-corrected chi connectivity index (χ0v) is 14.1. The number of rotatable bonds is 5. The zero-order valence-electron chi connectivity index (χ0n) is 13.4. The first-order chi connectivity index (χ1) is 11.4. The Morgan fingerprint density at radius 3 is 2.71 bits per heavy atom. The summed E-state index contributed by atoms with van der Waals surface area (Å²) < 4.78 is 10.4. The number of ether oxygens (including phenoxy) is 2. The molecule has 3 N–H and O–H groups in total. The third-order valence-electron chi connectivity index (χ3n) is 3.52. The second-order valence-corrected chi connectivity index (χ2v) is 5.52. The van der Waals surface area contributed by atoms with E-state index in [0.29, 0.717) is 12.2 Å². The van der Waals surface area contributed by atoms with Crippen LogP contribution in [0, 0.1) is 5.92 Å². The Morgan fingerprint density at radius 1 is 1.38 bits per heavy atom. The number of hydrogen-bond acceptors (Lipinski definition) is 5. The molecule has 2 amide bonds. The van der Waals surface area contributed by atoms with Crippen molar-refractivity contribution in [2.24, 2.45) is 5.92 Å². The van der Waals surface area contributed by atoms with Gasteiger partial charge < -0.3 is 25.2 Å². The number of hydrogen-bond donors (Lipinski definition) is 3. The van der Waals surface area contributed by atoms with Gasteiger partial charge in [-0.3, -0.25) is 4.79 Å². The molecule has 0 bridgehead atoms. The van der Waals surface area contributed by atoms with Crippen LogP contribution in [0.3, 0.4) is 0 Å². The normalized spacial score (nSPS) is 20.1. The first-order valence-corrected chi connectivity index (χ1v) is 7.84. The molecule has 0 radical (unpaired) electrons. The molecule has 1 fully saturated rings. The molecule has 1 aromatic carbocycles. The van der Waals surface area contributed by atoms with E-state index in [1.54, 1.807) is 13.8 Å². The molecule has 1 aliphatic heterocycles. The smallest absolute Gasteiger partial charge is 0.319 e. The van der Waals surface area contributed by atoms with Crippen molar-refractivity contribution in [2.45, 2.75) is 19.9 Å². The summed E-state index contributed by atoms with van der Waals surface area (Å²) >= 11 is 6.04. The Hall–Kier alpha value is -2.41. The summed E-state index contributed by atoms with van der Waals surface area (Å²) in [5.74, 6) is -1.39. The maximum Gasteiger partial charge on any atom is 0.319 e. The van der Waals surface area contributed by atoms with Gasteiger partial charge in [-0.25, -0.2) is 4.79 Å². The van der Waals surface area contributed by atoms with Crippen LogP contribution in [0.5, 0.6) is 11.5 Å². The van der Waals surface area contributed by atoms with E-state index >= 15 is 0 Å². The number of nitrogens with one attached hydrogen (secondary N) is 2. The minimum Gasteiger partial charge on any atom is -0.503 e. The highest BCUT2D eigenvalue weighted by atomic mass is 35.5. The summed E-state index contributed by atoms with van der Waals surface area (Å²) in [5.41, 5.74) is 0.722. The van der Waals surface area contributed by atoms with Gasteiger partial charge in [0.15, 0.2) is 11.5 Å².